The molecular weight excluding hydrogens is 494 g/mol. The van der Waals surface area contributed by atoms with Gasteiger partial charge in [-0.1, -0.05) is 0 Å². The Labute approximate surface area is 204 Å². The summed E-state index contributed by atoms with van der Waals surface area (Å²) >= 11 is 4.49. The van der Waals surface area contributed by atoms with Gasteiger partial charge in [-0.05, 0) is 0 Å². The Morgan fingerprint density at radius 2 is 1.21 bits per heavy atom. The van der Waals surface area contributed by atoms with Crippen LogP contribution in [-0.4, -0.2) is 19.4 Å². The fourth-order valence-electron chi connectivity index (χ4n) is 4.56. The third-order valence-electron chi connectivity index (χ3n) is 6.18. The fraction of sp³-hybridized carbons (Fsp3) is 0.172. The van der Waals surface area contributed by atoms with Gasteiger partial charge in [0.15, 0.2) is 0 Å². The molecule has 0 N–H and O–H groups in total. The zero-order valence-electron chi connectivity index (χ0n) is 18.6. The predicted octanol–water partition coefficient (Wildman–Crippen LogP) is 6.81. The molecule has 4 rings (SSSR count). The average Bonchev–Trinajstić information content (AvgIpc) is 2.89. The summed E-state index contributed by atoms with van der Waals surface area (Å²) in [6.07, 6.45) is 2.98. The molecule has 4 heteroatoms. The van der Waals surface area contributed by atoms with E-state index in [4.69, 9.17) is 4.74 Å². The normalized spacial score (nSPS) is 12.6. The van der Waals surface area contributed by atoms with E-state index in [9.17, 15) is 4.39 Å². The van der Waals surface area contributed by atoms with Crippen molar-refractivity contribution in [2.45, 2.75) is 12.8 Å². The van der Waals surface area contributed by atoms with Crippen LogP contribution in [0.2, 0.25) is 0 Å². The molecule has 0 saturated heterocycles. The topological polar surface area (TPSA) is 9.23 Å². The Balaban J connectivity index is 1.87. The average molecular weight is 523 g/mol. The molecular formula is C29H29BrFOP. The zero-order valence-corrected chi connectivity index (χ0v) is 21.1. The van der Waals surface area contributed by atoms with Crippen molar-refractivity contribution in [2.75, 3.05) is 19.4 Å². The van der Waals surface area contributed by atoms with Gasteiger partial charge in [-0.25, -0.2) is 0 Å². The Morgan fingerprint density at radius 3 is 1.79 bits per heavy atom. The number of halogens is 2. The first-order valence-electron chi connectivity index (χ1n) is 11.3. The molecule has 4 aromatic carbocycles. The van der Waals surface area contributed by atoms with Crippen molar-refractivity contribution in [1.82, 2.24) is 0 Å². The van der Waals surface area contributed by atoms with E-state index in [0.717, 1.165) is 19.0 Å². The quantitative estimate of drug-likeness (QED) is 0.208. The number of rotatable bonds is 10. The summed E-state index contributed by atoms with van der Waals surface area (Å²) in [7, 11) is 0. The molecule has 1 nitrogen and oxygen atoms in total. The van der Waals surface area contributed by atoms with Gasteiger partial charge < -0.3 is 0 Å². The van der Waals surface area contributed by atoms with Crippen molar-refractivity contribution in [3.8, 4) is 5.75 Å². The number of benzene rings is 4. The Hall–Kier alpha value is -2.48. The number of hydrogen-bond donors (Lipinski definition) is 0. The summed E-state index contributed by atoms with van der Waals surface area (Å²) in [5.74, 6) is 0.702. The Morgan fingerprint density at radius 1 is 0.667 bits per heavy atom. The van der Waals surface area contributed by atoms with Crippen molar-refractivity contribution in [2.24, 2.45) is 0 Å². The zero-order chi connectivity index (χ0) is 23.0. The van der Waals surface area contributed by atoms with Crippen LogP contribution < -0.4 is 20.7 Å². The maximum absolute atomic E-state index is 12.8. The molecule has 0 atom stereocenters. The summed E-state index contributed by atoms with van der Waals surface area (Å²) in [5, 5.41) is 0.735. The first-order chi connectivity index (χ1) is 16.1. The van der Waals surface area contributed by atoms with Gasteiger partial charge in [0.2, 0.25) is 0 Å². The molecule has 0 saturated carbocycles. The molecule has 170 valence electrons. The molecule has 33 heavy (non-hydrogen) atoms. The van der Waals surface area contributed by atoms with Gasteiger partial charge >= 0.3 is 205 Å². The summed E-state index contributed by atoms with van der Waals surface area (Å²) in [6.45, 7) is -0.442. The second-order valence-electron chi connectivity index (χ2n) is 8.20. The van der Waals surface area contributed by atoms with Crippen LogP contribution in [0, 0.1) is 0 Å². The monoisotopic (exact) mass is 522 g/mol. The van der Waals surface area contributed by atoms with E-state index in [1.165, 1.54) is 21.5 Å². The van der Waals surface area contributed by atoms with E-state index in [-0.39, 0.29) is 6.61 Å². The Bertz CT molecular complexity index is 1110. The van der Waals surface area contributed by atoms with Gasteiger partial charge in [-0.15, -0.1) is 0 Å². The number of aryl methyl sites for hydroxylation is 1. The van der Waals surface area contributed by atoms with Gasteiger partial charge in [0, 0.05) is 0 Å². The van der Waals surface area contributed by atoms with Crippen LogP contribution in [-0.2, 0) is 6.42 Å². The molecule has 0 unspecified atom stereocenters. The first kappa shape index (κ1) is 23.7. The molecule has 0 spiro atoms. The van der Waals surface area contributed by atoms with E-state index in [2.05, 4.69) is 119 Å². The van der Waals surface area contributed by atoms with E-state index in [1.54, 1.807) is 0 Å². The molecule has 0 bridgehead atoms. The molecule has 0 radical (unpaired) electrons. The summed E-state index contributed by atoms with van der Waals surface area (Å²) in [5.41, 5.74) is 1.34. The first-order valence-corrected chi connectivity index (χ1v) is 15.8. The Kier molecular flexibility index (Phi) is 7.63. The molecule has 0 aliphatic heterocycles. The van der Waals surface area contributed by atoms with Gasteiger partial charge in [-0.3, -0.25) is 0 Å². The molecule has 0 aliphatic rings. The van der Waals surface area contributed by atoms with E-state index in [0.29, 0.717) is 5.75 Å². The van der Waals surface area contributed by atoms with E-state index >= 15 is 0 Å². The standard InChI is InChI=1S/C29H29BrFOP/c30-33(27-16-6-2-7-17-27,28-18-8-3-9-19-28,23-11-14-25-12-4-1-5-13-25)29-20-10-15-26(24-29)32-22-21-31/h1-10,12-13,15-20,24H,11,14,21-23H2. The van der Waals surface area contributed by atoms with Crippen LogP contribution in [0.4, 0.5) is 4.39 Å². The van der Waals surface area contributed by atoms with Crippen LogP contribution in [0.5, 0.6) is 5.75 Å². The summed E-state index contributed by atoms with van der Waals surface area (Å²) in [6, 6.07) is 40.4. The fourth-order valence-corrected chi connectivity index (χ4v) is 12.2. The third-order valence-corrected chi connectivity index (χ3v) is 16.2. The molecule has 0 aliphatic carbocycles. The summed E-state index contributed by atoms with van der Waals surface area (Å²) < 4.78 is 18.5. The molecule has 4 aromatic rings. The summed E-state index contributed by atoms with van der Waals surface area (Å²) in [4.78, 5) is 0. The van der Waals surface area contributed by atoms with Crippen LogP contribution in [0.25, 0.3) is 0 Å². The maximum atomic E-state index is 12.8. The van der Waals surface area contributed by atoms with Crippen LogP contribution in [0.3, 0.4) is 0 Å². The number of hydrogen-bond acceptors (Lipinski definition) is 1. The van der Waals surface area contributed by atoms with Crippen molar-refractivity contribution in [3.05, 3.63) is 121 Å². The number of alkyl halides is 1. The number of ether oxygens (including phenoxy) is 1. The van der Waals surface area contributed by atoms with Crippen LogP contribution >= 0.6 is 20.8 Å². The second-order valence-corrected chi connectivity index (χ2v) is 17.3. The van der Waals surface area contributed by atoms with Gasteiger partial charge in [0.25, 0.3) is 0 Å². The molecule has 0 fully saturated rings. The van der Waals surface area contributed by atoms with E-state index in [1.807, 2.05) is 12.1 Å². The SMILES string of the molecule is FCCOc1cccc(P(Br)(CCCc2ccccc2)(c2ccccc2)c2ccccc2)c1. The van der Waals surface area contributed by atoms with Gasteiger partial charge in [-0.2, -0.15) is 0 Å². The minimum absolute atomic E-state index is 0.0619. The van der Waals surface area contributed by atoms with Crippen molar-refractivity contribution in [1.29, 1.82) is 0 Å². The van der Waals surface area contributed by atoms with Crippen LogP contribution in [0.15, 0.2) is 115 Å². The van der Waals surface area contributed by atoms with E-state index < -0.39 is 12.0 Å². The molecule has 0 aromatic heterocycles. The van der Waals surface area contributed by atoms with Crippen LogP contribution in [0.1, 0.15) is 12.0 Å². The minimum atomic E-state index is -3.03. The molecule has 0 heterocycles. The van der Waals surface area contributed by atoms with Crippen molar-refractivity contribution in [3.63, 3.8) is 0 Å². The predicted molar refractivity (Wildman–Crippen MR) is 145 cm³/mol. The second kappa shape index (κ2) is 10.6. The van der Waals surface area contributed by atoms with Crippen molar-refractivity contribution >= 4 is 36.7 Å². The molecule has 0 amide bonds. The van der Waals surface area contributed by atoms with Gasteiger partial charge in [0.05, 0.1) is 0 Å². The third kappa shape index (κ3) is 4.90. The van der Waals surface area contributed by atoms with Gasteiger partial charge in [0.1, 0.15) is 0 Å². The van der Waals surface area contributed by atoms with Crippen molar-refractivity contribution < 1.29 is 9.13 Å².